The zero-order valence-corrected chi connectivity index (χ0v) is 16.3. The van der Waals surface area contributed by atoms with E-state index in [1.165, 1.54) is 17.0 Å². The number of carbonyl (C=O) groups excluding carboxylic acids is 2. The fourth-order valence-corrected chi connectivity index (χ4v) is 3.49. The second-order valence-electron chi connectivity index (χ2n) is 7.12. The summed E-state index contributed by atoms with van der Waals surface area (Å²) in [6, 6.07) is 12.6. The van der Waals surface area contributed by atoms with Crippen molar-refractivity contribution in [3.8, 4) is 0 Å². The Hall–Kier alpha value is -2.99. The van der Waals surface area contributed by atoms with E-state index in [2.05, 4.69) is 11.9 Å². The fourth-order valence-electron chi connectivity index (χ4n) is 3.49. The smallest absolute Gasteiger partial charge is 0.259 e. The van der Waals surface area contributed by atoms with E-state index < -0.39 is 6.04 Å². The van der Waals surface area contributed by atoms with Crippen LogP contribution in [0, 0.1) is 5.82 Å². The zero-order chi connectivity index (χ0) is 20.4. The second-order valence-corrected chi connectivity index (χ2v) is 7.12. The van der Waals surface area contributed by atoms with Crippen molar-refractivity contribution in [1.82, 2.24) is 15.1 Å². The van der Waals surface area contributed by atoms with Crippen molar-refractivity contribution in [1.29, 1.82) is 0 Å². The van der Waals surface area contributed by atoms with Crippen LogP contribution < -0.4 is 5.32 Å². The average molecular weight is 381 g/mol. The molecule has 1 N–H and O–H groups in total. The molecule has 0 saturated carbocycles. The van der Waals surface area contributed by atoms with E-state index >= 15 is 0 Å². The van der Waals surface area contributed by atoms with Gasteiger partial charge in [0.25, 0.3) is 5.91 Å². The van der Waals surface area contributed by atoms with Crippen LogP contribution in [0.5, 0.6) is 0 Å². The molecule has 0 fully saturated rings. The standard InChI is InChI=1S/C22H24FN3O2/c1-14-18-10-5-6-11-19(18)22(28)26(14)15(2)21(27)24-13-20(25(3)4)16-8-7-9-17(23)12-16/h5-12,15,20H,1,13H2,2-4H3,(H,24,27)/t15-,20+/m0/s1. The van der Waals surface area contributed by atoms with E-state index in [9.17, 15) is 14.0 Å². The monoisotopic (exact) mass is 381 g/mol. The highest BCUT2D eigenvalue weighted by Crippen LogP contribution is 2.32. The van der Waals surface area contributed by atoms with Gasteiger partial charge in [-0.2, -0.15) is 0 Å². The van der Waals surface area contributed by atoms with Crippen molar-refractivity contribution >= 4 is 17.5 Å². The van der Waals surface area contributed by atoms with Crippen molar-refractivity contribution in [2.75, 3.05) is 20.6 Å². The van der Waals surface area contributed by atoms with Gasteiger partial charge in [-0.15, -0.1) is 0 Å². The normalized spacial score (nSPS) is 15.5. The van der Waals surface area contributed by atoms with E-state index in [0.29, 0.717) is 17.8 Å². The van der Waals surface area contributed by atoms with Gasteiger partial charge in [0, 0.05) is 23.4 Å². The van der Waals surface area contributed by atoms with Gasteiger partial charge in [-0.25, -0.2) is 4.39 Å². The number of rotatable bonds is 6. The van der Waals surface area contributed by atoms with Crippen LogP contribution in [0.15, 0.2) is 55.1 Å². The van der Waals surface area contributed by atoms with E-state index in [4.69, 9.17) is 0 Å². The number of hydrogen-bond acceptors (Lipinski definition) is 3. The van der Waals surface area contributed by atoms with Crippen molar-refractivity contribution in [3.05, 3.63) is 77.6 Å². The Bertz CT molecular complexity index is 891. The Morgan fingerprint density at radius 3 is 2.46 bits per heavy atom. The maximum atomic E-state index is 13.6. The lowest BCUT2D eigenvalue weighted by atomic mass is 10.1. The molecule has 3 rings (SSSR count). The summed E-state index contributed by atoms with van der Waals surface area (Å²) in [5, 5.41) is 2.89. The third kappa shape index (κ3) is 3.68. The fraction of sp³-hybridized carbons (Fsp3) is 0.273. The molecule has 0 spiro atoms. The summed E-state index contributed by atoms with van der Waals surface area (Å²) in [4.78, 5) is 28.8. The van der Waals surface area contributed by atoms with Crippen LogP contribution in [0.1, 0.15) is 34.5 Å². The molecule has 0 aromatic heterocycles. The Kier molecular flexibility index (Phi) is 5.61. The number of amides is 2. The molecule has 28 heavy (non-hydrogen) atoms. The number of halogens is 1. The Morgan fingerprint density at radius 1 is 1.18 bits per heavy atom. The predicted molar refractivity (Wildman–Crippen MR) is 107 cm³/mol. The number of nitrogens with zero attached hydrogens (tertiary/aromatic N) is 2. The first-order chi connectivity index (χ1) is 13.3. The van der Waals surface area contributed by atoms with E-state index in [-0.39, 0.29) is 23.7 Å². The molecule has 5 nitrogen and oxygen atoms in total. The molecule has 2 aromatic rings. The van der Waals surface area contributed by atoms with Crippen LogP contribution in [0.4, 0.5) is 4.39 Å². The van der Waals surface area contributed by atoms with Crippen molar-refractivity contribution < 1.29 is 14.0 Å². The quantitative estimate of drug-likeness (QED) is 0.837. The van der Waals surface area contributed by atoms with Crippen LogP contribution >= 0.6 is 0 Å². The summed E-state index contributed by atoms with van der Waals surface area (Å²) < 4.78 is 13.6. The van der Waals surface area contributed by atoms with Gasteiger partial charge in [0.1, 0.15) is 11.9 Å². The van der Waals surface area contributed by atoms with Crippen LogP contribution in [-0.4, -0.2) is 48.3 Å². The summed E-state index contributed by atoms with van der Waals surface area (Å²) >= 11 is 0. The zero-order valence-electron chi connectivity index (χ0n) is 16.3. The van der Waals surface area contributed by atoms with Gasteiger partial charge < -0.3 is 10.2 Å². The van der Waals surface area contributed by atoms with Gasteiger partial charge in [0.05, 0.1) is 6.04 Å². The first-order valence-corrected chi connectivity index (χ1v) is 9.12. The van der Waals surface area contributed by atoms with Gasteiger partial charge >= 0.3 is 0 Å². The number of likely N-dealkylation sites (N-methyl/N-ethyl adjacent to an activating group) is 1. The number of carbonyl (C=O) groups is 2. The molecule has 0 radical (unpaired) electrons. The lowest BCUT2D eigenvalue weighted by Gasteiger charge is -2.28. The van der Waals surface area contributed by atoms with E-state index in [1.807, 2.05) is 37.2 Å². The van der Waals surface area contributed by atoms with Crippen LogP contribution in [0.3, 0.4) is 0 Å². The van der Waals surface area contributed by atoms with Gasteiger partial charge in [0.15, 0.2) is 0 Å². The Labute approximate surface area is 164 Å². The minimum atomic E-state index is -0.706. The third-order valence-electron chi connectivity index (χ3n) is 5.07. The summed E-state index contributed by atoms with van der Waals surface area (Å²) in [5.74, 6) is -0.830. The highest BCUT2D eigenvalue weighted by molar-refractivity contribution is 6.10. The second kappa shape index (κ2) is 7.94. The predicted octanol–water partition coefficient (Wildman–Crippen LogP) is 3.06. The average Bonchev–Trinajstić information content (AvgIpc) is 2.92. The van der Waals surface area contributed by atoms with Crippen molar-refractivity contribution in [2.24, 2.45) is 0 Å². The first-order valence-electron chi connectivity index (χ1n) is 9.12. The molecule has 0 unspecified atom stereocenters. The molecule has 0 aliphatic carbocycles. The molecule has 1 heterocycles. The molecule has 2 amide bonds. The number of nitrogens with one attached hydrogen (secondary N) is 1. The topological polar surface area (TPSA) is 52.7 Å². The molecule has 6 heteroatoms. The third-order valence-corrected chi connectivity index (χ3v) is 5.07. The van der Waals surface area contributed by atoms with Crippen molar-refractivity contribution in [2.45, 2.75) is 19.0 Å². The maximum absolute atomic E-state index is 13.6. The molecule has 1 aliphatic heterocycles. The van der Waals surface area contributed by atoms with Gasteiger partial charge in [-0.05, 0) is 44.8 Å². The van der Waals surface area contributed by atoms with Gasteiger partial charge in [0.2, 0.25) is 5.91 Å². The number of fused-ring (bicyclic) bond motifs is 1. The molecule has 146 valence electrons. The summed E-state index contributed by atoms with van der Waals surface area (Å²) in [7, 11) is 3.74. The van der Waals surface area contributed by atoms with Crippen LogP contribution in [0.2, 0.25) is 0 Å². The minimum absolute atomic E-state index is 0.193. The largest absolute Gasteiger partial charge is 0.352 e. The SMILES string of the molecule is C=C1c2ccccc2C(=O)N1[C@@H](C)C(=O)NC[C@H](c1cccc(F)c1)N(C)C. The molecule has 0 bridgehead atoms. The Morgan fingerprint density at radius 2 is 1.86 bits per heavy atom. The summed E-state index contributed by atoms with van der Waals surface area (Å²) in [5.41, 5.74) is 2.60. The summed E-state index contributed by atoms with van der Waals surface area (Å²) in [6.45, 7) is 5.96. The van der Waals surface area contributed by atoms with Crippen molar-refractivity contribution in [3.63, 3.8) is 0 Å². The summed E-state index contributed by atoms with van der Waals surface area (Å²) in [6.07, 6.45) is 0. The van der Waals surface area contributed by atoms with Crippen LogP contribution in [0.25, 0.3) is 5.70 Å². The van der Waals surface area contributed by atoms with E-state index in [1.54, 1.807) is 25.1 Å². The highest BCUT2D eigenvalue weighted by atomic mass is 19.1. The molecular formula is C22H24FN3O2. The lowest BCUT2D eigenvalue weighted by molar-refractivity contribution is -0.124. The molecular weight excluding hydrogens is 357 g/mol. The lowest BCUT2D eigenvalue weighted by Crippen LogP contribution is -2.46. The first kappa shape index (κ1) is 19.8. The van der Waals surface area contributed by atoms with Gasteiger partial charge in [-0.3, -0.25) is 14.5 Å². The number of hydrogen-bond donors (Lipinski definition) is 1. The molecule has 0 saturated heterocycles. The minimum Gasteiger partial charge on any atom is -0.352 e. The molecule has 2 atom stereocenters. The number of benzene rings is 2. The van der Waals surface area contributed by atoms with Crippen LogP contribution in [-0.2, 0) is 4.79 Å². The highest BCUT2D eigenvalue weighted by Gasteiger charge is 2.36. The molecule has 1 aliphatic rings. The maximum Gasteiger partial charge on any atom is 0.259 e. The molecule has 2 aromatic carbocycles. The van der Waals surface area contributed by atoms with Gasteiger partial charge in [-0.1, -0.05) is 36.9 Å². The Balaban J connectivity index is 1.71. The van der Waals surface area contributed by atoms with E-state index in [0.717, 1.165) is 11.1 Å².